The van der Waals surface area contributed by atoms with Crippen LogP contribution in [0.1, 0.15) is 12.8 Å². The van der Waals surface area contributed by atoms with E-state index in [-0.39, 0.29) is 30.9 Å². The number of hydrogen-bond donors (Lipinski definition) is 3. The summed E-state index contributed by atoms with van der Waals surface area (Å²) in [5.41, 5.74) is 0.153. The maximum absolute atomic E-state index is 13.7. The van der Waals surface area contributed by atoms with Crippen LogP contribution >= 0.6 is 0 Å². The number of fused-ring (bicyclic) bond motifs is 2. The van der Waals surface area contributed by atoms with Gasteiger partial charge in [0.05, 0.1) is 24.5 Å². The van der Waals surface area contributed by atoms with Gasteiger partial charge in [0.15, 0.2) is 0 Å². The van der Waals surface area contributed by atoms with Crippen LogP contribution in [-0.2, 0) is 19.1 Å². The summed E-state index contributed by atoms with van der Waals surface area (Å²) in [7, 11) is 0. The maximum atomic E-state index is 13.7. The molecular weight excluding hydrogens is 458 g/mol. The van der Waals surface area contributed by atoms with Crippen LogP contribution in [0.2, 0.25) is 0 Å². The smallest absolute Gasteiger partial charge is 0.250 e. The van der Waals surface area contributed by atoms with Crippen molar-refractivity contribution in [2.75, 3.05) is 23.8 Å². The van der Waals surface area contributed by atoms with Gasteiger partial charge in [-0.15, -0.1) is 0 Å². The van der Waals surface area contributed by atoms with Crippen molar-refractivity contribution in [3.8, 4) is 0 Å². The highest BCUT2D eigenvalue weighted by atomic mass is 16.5. The van der Waals surface area contributed by atoms with Crippen LogP contribution in [0.3, 0.4) is 0 Å². The minimum absolute atomic E-state index is 0.00601. The fraction of sp³-hybridized carbons (Fsp3) is 0.321. The van der Waals surface area contributed by atoms with Gasteiger partial charge in [0.1, 0.15) is 11.6 Å². The van der Waals surface area contributed by atoms with Crippen molar-refractivity contribution in [2.24, 2.45) is 11.8 Å². The molecule has 3 heterocycles. The largest absolute Gasteiger partial charge is 0.395 e. The molecule has 8 heteroatoms. The summed E-state index contributed by atoms with van der Waals surface area (Å²) in [5, 5.41) is 17.6. The number of β-amino-alcohol motifs (C(OH)–C–C–N with tert-alkyl or cyclic N) is 1. The van der Waals surface area contributed by atoms with Gasteiger partial charge in [0.25, 0.3) is 0 Å². The number of ether oxygens (including phenoxy) is 1. The normalized spacial score (nSPS) is 28.4. The molecule has 3 aliphatic heterocycles. The Morgan fingerprint density at radius 2 is 1.67 bits per heavy atom. The first kappa shape index (κ1) is 22.7. The zero-order chi connectivity index (χ0) is 24.9. The molecule has 3 aromatic carbocycles. The Hall–Kier alpha value is -3.75. The third kappa shape index (κ3) is 3.48. The average molecular weight is 486 g/mol. The lowest BCUT2D eigenvalue weighted by molar-refractivity contribution is -0.140. The average Bonchev–Trinajstić information content (AvgIpc) is 3.52. The number of carbonyl (C=O) groups is 3. The molecule has 36 heavy (non-hydrogen) atoms. The van der Waals surface area contributed by atoms with Crippen molar-refractivity contribution in [3.05, 3.63) is 72.8 Å². The topological polar surface area (TPSA) is 108 Å². The number of hydrogen-bond acceptors (Lipinski definition) is 5. The molecule has 3 N–H and O–H groups in total. The van der Waals surface area contributed by atoms with Gasteiger partial charge in [0, 0.05) is 17.9 Å². The van der Waals surface area contributed by atoms with Crippen molar-refractivity contribution in [1.82, 2.24) is 4.90 Å². The lowest BCUT2D eigenvalue weighted by Gasteiger charge is -2.33. The number of likely N-dealkylation sites (tertiary alicyclic amines) is 1. The number of aliphatic hydroxyl groups excluding tert-OH is 1. The van der Waals surface area contributed by atoms with E-state index in [9.17, 15) is 19.5 Å². The fourth-order valence-corrected chi connectivity index (χ4v) is 6.33. The summed E-state index contributed by atoms with van der Waals surface area (Å²) in [4.78, 5) is 42.1. The number of nitrogens with zero attached hydrogens (tertiary/aromatic N) is 1. The third-order valence-electron chi connectivity index (χ3n) is 7.75. The van der Waals surface area contributed by atoms with Crippen LogP contribution in [0.15, 0.2) is 72.8 Å². The predicted molar refractivity (Wildman–Crippen MR) is 134 cm³/mol. The number of amides is 3. The van der Waals surface area contributed by atoms with E-state index in [1.165, 1.54) is 4.90 Å². The first-order valence-electron chi connectivity index (χ1n) is 12.3. The Kier molecular flexibility index (Phi) is 5.50. The quantitative estimate of drug-likeness (QED) is 0.498. The second-order valence-corrected chi connectivity index (χ2v) is 9.72. The molecule has 0 saturated carbocycles. The zero-order valence-electron chi connectivity index (χ0n) is 19.6. The predicted octanol–water partition coefficient (Wildman–Crippen LogP) is 2.78. The zero-order valence-corrected chi connectivity index (χ0v) is 19.6. The Balaban J connectivity index is 1.31. The van der Waals surface area contributed by atoms with Gasteiger partial charge >= 0.3 is 0 Å². The van der Waals surface area contributed by atoms with Gasteiger partial charge in [-0.05, 0) is 47.9 Å². The van der Waals surface area contributed by atoms with E-state index in [2.05, 4.69) is 10.6 Å². The van der Waals surface area contributed by atoms with Gasteiger partial charge in [-0.2, -0.15) is 0 Å². The van der Waals surface area contributed by atoms with Crippen molar-refractivity contribution < 1.29 is 24.2 Å². The van der Waals surface area contributed by atoms with E-state index in [0.29, 0.717) is 24.2 Å². The molecule has 184 valence electrons. The van der Waals surface area contributed by atoms with E-state index >= 15 is 0 Å². The summed E-state index contributed by atoms with van der Waals surface area (Å²) >= 11 is 0. The summed E-state index contributed by atoms with van der Waals surface area (Å²) in [6.45, 7) is -0.299. The molecule has 2 bridgehead atoms. The summed E-state index contributed by atoms with van der Waals surface area (Å²) in [6.07, 6.45) is 0.652. The number of rotatable bonds is 6. The Bertz CT molecular complexity index is 1350. The van der Waals surface area contributed by atoms with Gasteiger partial charge in [-0.3, -0.25) is 14.4 Å². The van der Waals surface area contributed by atoms with Gasteiger partial charge in [0.2, 0.25) is 17.7 Å². The summed E-state index contributed by atoms with van der Waals surface area (Å²) in [5.74, 6) is -2.46. The standard InChI is InChI=1S/C28H27N3O5/c32-15-14-31-24(26(34)30-20-11-10-17-6-4-5-7-18(17)16-20)28-13-12-21(36-28)22(23(28)27(31)35)25(33)29-19-8-2-1-3-9-19/h1-11,16,21-24,32H,12-15H2,(H,29,33)(H,30,34)/t21-,22+,23+,24?,28?/m1/s1. The highest BCUT2D eigenvalue weighted by Crippen LogP contribution is 2.58. The van der Waals surface area contributed by atoms with Crippen molar-refractivity contribution >= 4 is 39.9 Å². The van der Waals surface area contributed by atoms with Gasteiger partial charge in [-0.25, -0.2) is 0 Å². The molecule has 8 nitrogen and oxygen atoms in total. The van der Waals surface area contributed by atoms with E-state index < -0.39 is 29.6 Å². The molecule has 6 rings (SSSR count). The molecule has 3 aliphatic rings. The summed E-state index contributed by atoms with van der Waals surface area (Å²) < 4.78 is 6.38. The fourth-order valence-electron chi connectivity index (χ4n) is 6.33. The van der Waals surface area contributed by atoms with E-state index in [1.807, 2.05) is 60.7 Å². The van der Waals surface area contributed by atoms with Gasteiger partial charge in [-0.1, -0.05) is 48.5 Å². The number of aliphatic hydroxyl groups is 1. The Morgan fingerprint density at radius 1 is 0.944 bits per heavy atom. The molecule has 2 unspecified atom stereocenters. The molecule has 3 saturated heterocycles. The van der Waals surface area contributed by atoms with Crippen molar-refractivity contribution in [2.45, 2.75) is 30.6 Å². The molecule has 3 amide bonds. The molecule has 3 aromatic rings. The minimum Gasteiger partial charge on any atom is -0.395 e. The Labute approximate surface area is 208 Å². The molecule has 0 aromatic heterocycles. The van der Waals surface area contributed by atoms with Crippen LogP contribution in [0.5, 0.6) is 0 Å². The van der Waals surface area contributed by atoms with Crippen LogP contribution in [0, 0.1) is 11.8 Å². The van der Waals surface area contributed by atoms with Crippen LogP contribution in [0.25, 0.3) is 10.8 Å². The minimum atomic E-state index is -1.10. The maximum Gasteiger partial charge on any atom is 0.250 e. The second kappa shape index (κ2) is 8.72. The lowest BCUT2D eigenvalue weighted by Crippen LogP contribution is -2.53. The van der Waals surface area contributed by atoms with E-state index in [0.717, 1.165) is 10.8 Å². The highest BCUT2D eigenvalue weighted by molar-refractivity contribution is 6.05. The number of anilines is 2. The number of benzene rings is 3. The second-order valence-electron chi connectivity index (χ2n) is 9.72. The van der Waals surface area contributed by atoms with Gasteiger partial charge < -0.3 is 25.4 Å². The van der Waals surface area contributed by atoms with Crippen LogP contribution in [-0.4, -0.2) is 58.6 Å². The molecular formula is C28H27N3O5. The lowest BCUT2D eigenvalue weighted by atomic mass is 9.70. The molecule has 1 spiro atoms. The Morgan fingerprint density at radius 3 is 2.44 bits per heavy atom. The number of para-hydroxylation sites is 1. The monoisotopic (exact) mass is 485 g/mol. The van der Waals surface area contributed by atoms with Crippen molar-refractivity contribution in [1.29, 1.82) is 0 Å². The summed E-state index contributed by atoms with van der Waals surface area (Å²) in [6, 6.07) is 21.6. The molecule has 5 atom stereocenters. The molecule has 0 aliphatic carbocycles. The first-order valence-corrected chi connectivity index (χ1v) is 12.3. The third-order valence-corrected chi connectivity index (χ3v) is 7.75. The first-order chi connectivity index (χ1) is 17.5. The number of carbonyl (C=O) groups excluding carboxylic acids is 3. The van der Waals surface area contributed by atoms with E-state index in [4.69, 9.17) is 4.74 Å². The number of nitrogens with one attached hydrogen (secondary N) is 2. The van der Waals surface area contributed by atoms with Crippen LogP contribution < -0.4 is 10.6 Å². The van der Waals surface area contributed by atoms with Crippen LogP contribution in [0.4, 0.5) is 11.4 Å². The van der Waals surface area contributed by atoms with Crippen molar-refractivity contribution in [3.63, 3.8) is 0 Å². The SMILES string of the molecule is O=C(Nc1ccc2ccccc2c1)C1N(CCO)C(=O)[C@@H]2[C@@H](C(=O)Nc3ccccc3)[C@H]3CCC12O3. The van der Waals surface area contributed by atoms with E-state index in [1.54, 1.807) is 12.1 Å². The highest BCUT2D eigenvalue weighted by Gasteiger charge is 2.74. The molecule has 0 radical (unpaired) electrons. The molecule has 3 fully saturated rings.